The van der Waals surface area contributed by atoms with Crippen molar-refractivity contribution in [3.8, 4) is 0 Å². The largest absolute Gasteiger partial charge is 0.274 e. The molecule has 0 unspecified atom stereocenters. The van der Waals surface area contributed by atoms with Gasteiger partial charge in [-0.1, -0.05) is 26.0 Å². The van der Waals surface area contributed by atoms with Crippen molar-refractivity contribution in [2.24, 2.45) is 5.92 Å². The zero-order valence-electron chi connectivity index (χ0n) is 15.4. The number of nitrogens with zero attached hydrogens (tertiary/aromatic N) is 1. The van der Waals surface area contributed by atoms with Gasteiger partial charge in [0.15, 0.2) is 0 Å². The fraction of sp³-hybridized carbons (Fsp3) is 0.300. The minimum atomic E-state index is -1.28. The van der Waals surface area contributed by atoms with Crippen LogP contribution < -0.4 is 0 Å². The van der Waals surface area contributed by atoms with E-state index in [4.69, 9.17) is 0 Å². The molecule has 0 aliphatic rings. The van der Waals surface area contributed by atoms with E-state index in [-0.39, 0.29) is 23.6 Å². The van der Waals surface area contributed by atoms with Gasteiger partial charge in [0, 0.05) is 6.54 Å². The molecule has 0 aliphatic carbocycles. The molecule has 0 fully saturated rings. The monoisotopic (exact) mass is 381 g/mol. The van der Waals surface area contributed by atoms with Gasteiger partial charge in [0.05, 0.1) is 0 Å². The van der Waals surface area contributed by atoms with Crippen LogP contribution in [0, 0.1) is 43.0 Å². The smallest absolute Gasteiger partial charge is 0.266 e. The third kappa shape index (κ3) is 4.02. The van der Waals surface area contributed by atoms with Crippen LogP contribution in [0.5, 0.6) is 0 Å². The van der Waals surface area contributed by atoms with Crippen molar-refractivity contribution in [3.05, 3.63) is 69.8 Å². The Morgan fingerprint density at radius 2 is 1.19 bits per heavy atom. The van der Waals surface area contributed by atoms with E-state index in [0.717, 1.165) is 24.3 Å². The van der Waals surface area contributed by atoms with Crippen molar-refractivity contribution < 1.29 is 27.2 Å². The molecule has 0 N–H and O–H groups in total. The fourth-order valence-electron chi connectivity index (χ4n) is 2.60. The molecule has 0 radical (unpaired) electrons. The van der Waals surface area contributed by atoms with Crippen LogP contribution in [0.1, 0.15) is 45.7 Å². The summed E-state index contributed by atoms with van der Waals surface area (Å²) in [4.78, 5) is 26.0. The number of hydrogen-bond donors (Lipinski definition) is 0. The lowest BCUT2D eigenvalue weighted by Gasteiger charge is -2.24. The molecule has 2 rings (SSSR count). The Balaban J connectivity index is 2.61. The van der Waals surface area contributed by atoms with E-state index in [1.54, 1.807) is 13.8 Å². The molecule has 144 valence electrons. The molecular weight excluding hydrogens is 362 g/mol. The highest BCUT2D eigenvalue weighted by molar-refractivity contribution is 6.10. The van der Waals surface area contributed by atoms with Gasteiger partial charge in [-0.15, -0.1) is 0 Å². The minimum Gasteiger partial charge on any atom is -0.274 e. The second-order valence-electron chi connectivity index (χ2n) is 6.72. The van der Waals surface area contributed by atoms with E-state index in [0.29, 0.717) is 4.90 Å². The summed E-state index contributed by atoms with van der Waals surface area (Å²) in [5.41, 5.74) is -1.86. The highest BCUT2D eigenvalue weighted by atomic mass is 19.1. The Hall–Kier alpha value is -2.70. The molecular formula is C20H19F4NO2. The van der Waals surface area contributed by atoms with E-state index in [1.165, 1.54) is 13.8 Å². The number of imide groups is 1. The van der Waals surface area contributed by atoms with Gasteiger partial charge < -0.3 is 0 Å². The van der Waals surface area contributed by atoms with E-state index in [1.807, 2.05) is 0 Å². The highest BCUT2D eigenvalue weighted by Gasteiger charge is 2.33. The lowest BCUT2D eigenvalue weighted by molar-refractivity contribution is 0.0586. The molecule has 2 aromatic rings. The summed E-state index contributed by atoms with van der Waals surface area (Å²) < 4.78 is 56.9. The maximum absolute atomic E-state index is 14.4. The van der Waals surface area contributed by atoms with Crippen molar-refractivity contribution in [2.45, 2.75) is 27.7 Å². The van der Waals surface area contributed by atoms with Crippen LogP contribution in [0.2, 0.25) is 0 Å². The molecule has 0 aliphatic heterocycles. The van der Waals surface area contributed by atoms with E-state index in [9.17, 15) is 27.2 Å². The van der Waals surface area contributed by atoms with E-state index in [2.05, 4.69) is 0 Å². The van der Waals surface area contributed by atoms with Gasteiger partial charge in [-0.25, -0.2) is 17.6 Å². The summed E-state index contributed by atoms with van der Waals surface area (Å²) in [6, 6.07) is 4.10. The van der Waals surface area contributed by atoms with Gasteiger partial charge in [-0.05, 0) is 43.0 Å². The van der Waals surface area contributed by atoms with Crippen molar-refractivity contribution >= 4 is 11.8 Å². The van der Waals surface area contributed by atoms with Gasteiger partial charge in [-0.2, -0.15) is 0 Å². The Morgan fingerprint density at radius 3 is 1.52 bits per heavy atom. The third-order valence-corrected chi connectivity index (χ3v) is 4.03. The first kappa shape index (κ1) is 20.6. The molecule has 0 spiro atoms. The van der Waals surface area contributed by atoms with Crippen LogP contribution in [0.25, 0.3) is 0 Å². The molecule has 2 amide bonds. The average Bonchev–Trinajstić information content (AvgIpc) is 2.59. The maximum Gasteiger partial charge on any atom is 0.266 e. The molecule has 7 heteroatoms. The van der Waals surface area contributed by atoms with Crippen molar-refractivity contribution in [3.63, 3.8) is 0 Å². The highest BCUT2D eigenvalue weighted by Crippen LogP contribution is 2.23. The maximum atomic E-state index is 14.4. The van der Waals surface area contributed by atoms with Crippen LogP contribution in [0.3, 0.4) is 0 Å². The van der Waals surface area contributed by atoms with Crippen molar-refractivity contribution in [1.29, 1.82) is 0 Å². The molecule has 27 heavy (non-hydrogen) atoms. The first-order valence-electron chi connectivity index (χ1n) is 8.31. The topological polar surface area (TPSA) is 37.4 Å². The lowest BCUT2D eigenvalue weighted by atomic mass is 10.0. The minimum absolute atomic E-state index is 0.00427. The predicted molar refractivity (Wildman–Crippen MR) is 92.4 cm³/mol. The van der Waals surface area contributed by atoms with Crippen LogP contribution in [0.15, 0.2) is 24.3 Å². The second-order valence-corrected chi connectivity index (χ2v) is 6.72. The summed E-state index contributed by atoms with van der Waals surface area (Å²) in [6.07, 6.45) is 0. The first-order chi connectivity index (χ1) is 12.6. The van der Waals surface area contributed by atoms with Gasteiger partial charge in [0.25, 0.3) is 11.8 Å². The number of benzene rings is 2. The number of carbonyl (C=O) groups excluding carboxylic acids is 2. The van der Waals surface area contributed by atoms with Crippen LogP contribution >= 0.6 is 0 Å². The standard InChI is InChI=1S/C20H19F4NO2/c1-10(2)9-25(19(26)15-13(21)7-5-11(3)17(15)23)20(27)16-14(22)8-6-12(4)18(16)24/h5-8,10H,9H2,1-4H3. The van der Waals surface area contributed by atoms with E-state index >= 15 is 0 Å². The van der Waals surface area contributed by atoms with Gasteiger partial charge in [-0.3, -0.25) is 14.5 Å². The quantitative estimate of drug-likeness (QED) is 0.564. The average molecular weight is 381 g/mol. The number of aryl methyl sites for hydroxylation is 2. The first-order valence-corrected chi connectivity index (χ1v) is 8.31. The van der Waals surface area contributed by atoms with Crippen LogP contribution in [0.4, 0.5) is 17.6 Å². The fourth-order valence-corrected chi connectivity index (χ4v) is 2.60. The lowest BCUT2D eigenvalue weighted by Crippen LogP contribution is -2.41. The van der Waals surface area contributed by atoms with Crippen LogP contribution in [-0.2, 0) is 0 Å². The van der Waals surface area contributed by atoms with Gasteiger partial charge in [0.1, 0.15) is 34.4 Å². The molecule has 0 saturated heterocycles. The molecule has 2 aromatic carbocycles. The van der Waals surface area contributed by atoms with Crippen molar-refractivity contribution in [1.82, 2.24) is 4.90 Å². The molecule has 0 bridgehead atoms. The van der Waals surface area contributed by atoms with Crippen molar-refractivity contribution in [2.75, 3.05) is 6.54 Å². The second kappa shape index (κ2) is 7.90. The Bertz CT molecular complexity index is 840. The predicted octanol–water partition coefficient (Wildman–Crippen LogP) is 4.80. The molecule has 0 atom stereocenters. The molecule has 0 saturated carbocycles. The normalized spacial score (nSPS) is 11.0. The SMILES string of the molecule is Cc1ccc(F)c(C(=O)N(CC(C)C)C(=O)c2c(F)ccc(C)c2F)c1F. The Labute approximate surface area is 154 Å². The van der Waals surface area contributed by atoms with Gasteiger partial charge >= 0.3 is 0 Å². The summed E-state index contributed by atoms with van der Waals surface area (Å²) >= 11 is 0. The summed E-state index contributed by atoms with van der Waals surface area (Å²) in [5.74, 6) is -7.42. The molecule has 0 aromatic heterocycles. The summed E-state index contributed by atoms with van der Waals surface area (Å²) in [5, 5.41) is 0. The Morgan fingerprint density at radius 1 is 0.815 bits per heavy atom. The number of hydrogen-bond acceptors (Lipinski definition) is 2. The zero-order chi connectivity index (χ0) is 20.5. The molecule has 0 heterocycles. The number of amides is 2. The van der Waals surface area contributed by atoms with Crippen LogP contribution in [-0.4, -0.2) is 23.3 Å². The van der Waals surface area contributed by atoms with E-state index < -0.39 is 46.2 Å². The number of halogens is 4. The zero-order valence-corrected chi connectivity index (χ0v) is 15.4. The third-order valence-electron chi connectivity index (χ3n) is 4.03. The number of rotatable bonds is 4. The number of carbonyl (C=O) groups is 2. The summed E-state index contributed by atoms with van der Waals surface area (Å²) in [7, 11) is 0. The van der Waals surface area contributed by atoms with Gasteiger partial charge in [0.2, 0.25) is 0 Å². The Kier molecular flexibility index (Phi) is 6.03. The summed E-state index contributed by atoms with van der Waals surface area (Å²) in [6.45, 7) is 5.70. The molecule has 3 nitrogen and oxygen atoms in total.